The minimum atomic E-state index is -0.159. The summed E-state index contributed by atoms with van der Waals surface area (Å²) in [6.45, 7) is 0.790. The number of nitrogens with zero attached hydrogens (tertiary/aromatic N) is 1. The van der Waals surface area contributed by atoms with Crippen LogP contribution >= 0.6 is 11.6 Å². The Kier molecular flexibility index (Phi) is 4.65. The number of carbonyl (C=O) groups excluding carboxylic acids is 1. The molecule has 1 aromatic heterocycles. The van der Waals surface area contributed by atoms with Crippen LogP contribution in [0.5, 0.6) is 0 Å². The van der Waals surface area contributed by atoms with E-state index in [2.05, 4.69) is 5.32 Å². The van der Waals surface area contributed by atoms with E-state index in [9.17, 15) is 4.79 Å². The van der Waals surface area contributed by atoms with Gasteiger partial charge in [0.25, 0.3) is 0 Å². The summed E-state index contributed by atoms with van der Waals surface area (Å²) in [5.41, 5.74) is 6.78. The number of nitrogens with two attached hydrogens (primary N) is 1. The monoisotopic (exact) mass is 293 g/mol. The summed E-state index contributed by atoms with van der Waals surface area (Å²) >= 11 is 5.87. The van der Waals surface area contributed by atoms with Crippen LogP contribution in [0.2, 0.25) is 5.02 Å². The smallest absolute Gasteiger partial charge is 0.238 e. The molecule has 0 radical (unpaired) electrons. The van der Waals surface area contributed by atoms with Gasteiger partial charge < -0.3 is 15.5 Å². The van der Waals surface area contributed by atoms with Gasteiger partial charge >= 0.3 is 0 Å². The van der Waals surface area contributed by atoms with Gasteiger partial charge in [-0.1, -0.05) is 11.6 Å². The van der Waals surface area contributed by atoms with Crippen molar-refractivity contribution in [3.05, 3.63) is 47.4 Å². The van der Waals surface area contributed by atoms with E-state index < -0.39 is 0 Å². The fourth-order valence-corrected chi connectivity index (χ4v) is 1.97. The number of nitrogens with one attached hydrogen (secondary N) is 1. The number of likely N-dealkylation sites (N-methyl/N-ethyl adjacent to an activating group) is 1. The van der Waals surface area contributed by atoms with Crippen LogP contribution in [0.25, 0.3) is 0 Å². The zero-order valence-corrected chi connectivity index (χ0v) is 11.9. The molecule has 3 N–H and O–H groups in total. The summed E-state index contributed by atoms with van der Waals surface area (Å²) in [5.74, 6) is 0.649. The van der Waals surface area contributed by atoms with E-state index in [-0.39, 0.29) is 12.5 Å². The van der Waals surface area contributed by atoms with Crippen molar-refractivity contribution in [3.8, 4) is 0 Å². The Bertz CT molecular complexity index is 584. The summed E-state index contributed by atoms with van der Waals surface area (Å²) in [6, 6.07) is 8.64. The van der Waals surface area contributed by atoms with E-state index in [1.165, 1.54) is 0 Å². The van der Waals surface area contributed by atoms with Crippen LogP contribution in [0.15, 0.2) is 41.0 Å². The highest BCUT2D eigenvalue weighted by atomic mass is 35.5. The number of benzene rings is 1. The lowest BCUT2D eigenvalue weighted by molar-refractivity contribution is -0.117. The zero-order chi connectivity index (χ0) is 14.5. The summed E-state index contributed by atoms with van der Waals surface area (Å²) in [6.07, 6.45) is 1.61. The molecule has 0 aliphatic rings. The van der Waals surface area contributed by atoms with Gasteiger partial charge in [-0.25, -0.2) is 0 Å². The Balaban J connectivity index is 1.90. The molecule has 0 spiro atoms. The largest absolute Gasteiger partial charge is 0.468 e. The average molecular weight is 294 g/mol. The molecule has 0 atom stereocenters. The molecule has 0 bridgehead atoms. The quantitative estimate of drug-likeness (QED) is 0.831. The van der Waals surface area contributed by atoms with E-state index in [4.69, 9.17) is 21.8 Å². The van der Waals surface area contributed by atoms with Crippen molar-refractivity contribution in [1.29, 1.82) is 0 Å². The van der Waals surface area contributed by atoms with Crippen molar-refractivity contribution in [3.63, 3.8) is 0 Å². The van der Waals surface area contributed by atoms with Crippen LogP contribution < -0.4 is 11.1 Å². The maximum atomic E-state index is 11.9. The minimum Gasteiger partial charge on any atom is -0.468 e. The summed E-state index contributed by atoms with van der Waals surface area (Å²) in [7, 11) is 1.84. The number of furan rings is 1. The van der Waals surface area contributed by atoms with Crippen LogP contribution in [0.3, 0.4) is 0 Å². The molecule has 20 heavy (non-hydrogen) atoms. The van der Waals surface area contributed by atoms with Crippen molar-refractivity contribution < 1.29 is 9.21 Å². The van der Waals surface area contributed by atoms with Gasteiger partial charge in [-0.2, -0.15) is 0 Å². The molecule has 1 amide bonds. The number of hydrogen-bond donors (Lipinski definition) is 2. The SMILES string of the molecule is CN(CC(=O)Nc1cc(Cl)ccc1N)Cc1ccco1. The Morgan fingerprint density at radius 3 is 2.95 bits per heavy atom. The van der Waals surface area contributed by atoms with Crippen molar-refractivity contribution >= 4 is 28.9 Å². The zero-order valence-electron chi connectivity index (χ0n) is 11.1. The van der Waals surface area contributed by atoms with E-state index in [0.29, 0.717) is 22.9 Å². The molecule has 0 fully saturated rings. The summed E-state index contributed by atoms with van der Waals surface area (Å²) in [5, 5.41) is 3.27. The first-order chi connectivity index (χ1) is 9.54. The highest BCUT2D eigenvalue weighted by Crippen LogP contribution is 2.22. The lowest BCUT2D eigenvalue weighted by Crippen LogP contribution is -2.29. The third-order valence-corrected chi connectivity index (χ3v) is 2.94. The lowest BCUT2D eigenvalue weighted by Gasteiger charge is -2.15. The molecule has 2 aromatic rings. The molecule has 0 aliphatic carbocycles. The Hall–Kier alpha value is -1.98. The molecule has 0 aliphatic heterocycles. The number of rotatable bonds is 5. The molecule has 1 aromatic carbocycles. The van der Waals surface area contributed by atoms with Gasteiger partial charge in [-0.3, -0.25) is 9.69 Å². The molecule has 106 valence electrons. The lowest BCUT2D eigenvalue weighted by atomic mass is 10.2. The molecule has 0 saturated carbocycles. The first kappa shape index (κ1) is 14.4. The summed E-state index contributed by atoms with van der Waals surface area (Å²) < 4.78 is 5.23. The summed E-state index contributed by atoms with van der Waals surface area (Å²) in [4.78, 5) is 13.8. The van der Waals surface area contributed by atoms with E-state index >= 15 is 0 Å². The highest BCUT2D eigenvalue weighted by Gasteiger charge is 2.10. The van der Waals surface area contributed by atoms with E-state index in [1.807, 2.05) is 24.1 Å². The van der Waals surface area contributed by atoms with Gasteiger partial charge in [0.2, 0.25) is 5.91 Å². The van der Waals surface area contributed by atoms with E-state index in [1.54, 1.807) is 24.5 Å². The van der Waals surface area contributed by atoms with Crippen LogP contribution in [-0.2, 0) is 11.3 Å². The van der Waals surface area contributed by atoms with Crippen LogP contribution in [0.4, 0.5) is 11.4 Å². The number of halogens is 1. The predicted molar refractivity (Wildman–Crippen MR) is 79.5 cm³/mol. The van der Waals surface area contributed by atoms with Crippen molar-refractivity contribution in [2.24, 2.45) is 0 Å². The Morgan fingerprint density at radius 1 is 1.45 bits per heavy atom. The van der Waals surface area contributed by atoms with Crippen molar-refractivity contribution in [2.75, 3.05) is 24.6 Å². The Morgan fingerprint density at radius 2 is 2.25 bits per heavy atom. The van der Waals surface area contributed by atoms with Gasteiger partial charge in [0.05, 0.1) is 30.7 Å². The second-order valence-corrected chi connectivity index (χ2v) is 4.97. The number of anilines is 2. The minimum absolute atomic E-state index is 0.159. The first-order valence-electron chi connectivity index (χ1n) is 6.10. The molecule has 0 unspecified atom stereocenters. The highest BCUT2D eigenvalue weighted by molar-refractivity contribution is 6.31. The maximum Gasteiger partial charge on any atom is 0.238 e. The molecule has 5 nitrogen and oxygen atoms in total. The fourth-order valence-electron chi connectivity index (χ4n) is 1.80. The van der Waals surface area contributed by atoms with Gasteiger partial charge in [0.1, 0.15) is 5.76 Å². The number of amides is 1. The predicted octanol–water partition coefficient (Wildman–Crippen LogP) is 2.59. The van der Waals surface area contributed by atoms with Crippen molar-refractivity contribution in [2.45, 2.75) is 6.54 Å². The molecule has 1 heterocycles. The second-order valence-electron chi connectivity index (χ2n) is 4.53. The Labute approximate surface area is 122 Å². The third-order valence-electron chi connectivity index (χ3n) is 2.71. The number of hydrogen-bond acceptors (Lipinski definition) is 4. The molecule has 6 heteroatoms. The average Bonchev–Trinajstić information content (AvgIpc) is 2.86. The fraction of sp³-hybridized carbons (Fsp3) is 0.214. The van der Waals surface area contributed by atoms with Gasteiger partial charge in [-0.15, -0.1) is 0 Å². The molecular formula is C14H16ClN3O2. The normalized spacial score (nSPS) is 10.8. The van der Waals surface area contributed by atoms with Crippen molar-refractivity contribution in [1.82, 2.24) is 4.90 Å². The van der Waals surface area contributed by atoms with Crippen LogP contribution in [-0.4, -0.2) is 24.4 Å². The standard InChI is InChI=1S/C14H16ClN3O2/c1-18(8-11-3-2-6-20-11)9-14(19)17-13-7-10(15)4-5-12(13)16/h2-7H,8-9,16H2,1H3,(H,17,19). The topological polar surface area (TPSA) is 71.5 Å². The molecule has 0 saturated heterocycles. The van der Waals surface area contributed by atoms with Gasteiger partial charge in [0.15, 0.2) is 0 Å². The second kappa shape index (κ2) is 6.45. The number of nitrogen functional groups attached to an aromatic ring is 1. The first-order valence-corrected chi connectivity index (χ1v) is 6.48. The molecular weight excluding hydrogens is 278 g/mol. The van der Waals surface area contributed by atoms with Gasteiger partial charge in [0, 0.05) is 5.02 Å². The molecule has 2 rings (SSSR count). The third kappa shape index (κ3) is 4.01. The van der Waals surface area contributed by atoms with E-state index in [0.717, 1.165) is 5.76 Å². The van der Waals surface area contributed by atoms with Crippen LogP contribution in [0.1, 0.15) is 5.76 Å². The number of carbonyl (C=O) groups is 1. The van der Waals surface area contributed by atoms with Crippen LogP contribution in [0, 0.1) is 0 Å². The van der Waals surface area contributed by atoms with Gasteiger partial charge in [-0.05, 0) is 37.4 Å². The maximum absolute atomic E-state index is 11.9.